The number of amides is 1. The van der Waals surface area contributed by atoms with Crippen LogP contribution in [0.15, 0.2) is 77.7 Å². The molecule has 7 nitrogen and oxygen atoms in total. The minimum atomic E-state index is -3.98. The monoisotopic (exact) mass is 488 g/mol. The number of carbonyl (C=O) groups excluding carboxylic acids is 1. The van der Waals surface area contributed by atoms with Gasteiger partial charge in [-0.3, -0.25) is 4.79 Å². The topological polar surface area (TPSA) is 93.7 Å². The summed E-state index contributed by atoms with van der Waals surface area (Å²) in [6, 6.07) is 18.9. The Balaban J connectivity index is 1.84. The van der Waals surface area contributed by atoms with Crippen molar-refractivity contribution in [3.8, 4) is 11.5 Å². The van der Waals surface area contributed by atoms with Gasteiger partial charge in [-0.15, -0.1) is 0 Å². The summed E-state index contributed by atoms with van der Waals surface area (Å²) < 4.78 is 39.1. The third kappa shape index (κ3) is 6.71. The lowest BCUT2D eigenvalue weighted by Gasteiger charge is -2.19. The molecule has 0 radical (unpaired) electrons. The predicted molar refractivity (Wildman–Crippen MR) is 129 cm³/mol. The van der Waals surface area contributed by atoms with Crippen molar-refractivity contribution in [3.63, 3.8) is 0 Å². The first-order chi connectivity index (χ1) is 15.8. The lowest BCUT2D eigenvalue weighted by atomic mass is 10.1. The number of halogens is 1. The molecule has 0 aliphatic heterocycles. The maximum atomic E-state index is 13.1. The molecule has 0 bridgehead atoms. The molecule has 0 aliphatic carbocycles. The zero-order chi connectivity index (χ0) is 23.8. The van der Waals surface area contributed by atoms with Gasteiger partial charge in [0.1, 0.15) is 17.5 Å². The fraction of sp³-hybridized carbons (Fsp3) is 0.208. The van der Waals surface area contributed by atoms with Gasteiger partial charge in [0, 0.05) is 5.69 Å². The van der Waals surface area contributed by atoms with Crippen molar-refractivity contribution in [3.05, 3.63) is 83.4 Å². The summed E-state index contributed by atoms with van der Waals surface area (Å²) in [5.41, 5.74) is 1.23. The quantitative estimate of drug-likeness (QED) is 0.444. The van der Waals surface area contributed by atoms with Gasteiger partial charge in [-0.25, -0.2) is 8.42 Å². The van der Waals surface area contributed by atoms with Crippen LogP contribution in [0.3, 0.4) is 0 Å². The van der Waals surface area contributed by atoms with Gasteiger partial charge in [0.15, 0.2) is 0 Å². The molecule has 1 atom stereocenters. The SMILES string of the molecule is CCOc1ccc(S(=O)(=O)N[C@H](Cc2ccccc2)C(=O)Nc2ccc(OC)c(Cl)c2)cc1. The second-order valence-electron chi connectivity index (χ2n) is 7.11. The Labute approximate surface area is 198 Å². The van der Waals surface area contributed by atoms with Crippen molar-refractivity contribution in [1.82, 2.24) is 4.72 Å². The molecular formula is C24H25ClN2O5S. The van der Waals surface area contributed by atoms with Crippen molar-refractivity contribution in [1.29, 1.82) is 0 Å². The minimum Gasteiger partial charge on any atom is -0.495 e. The van der Waals surface area contributed by atoms with Crippen LogP contribution in [-0.4, -0.2) is 34.1 Å². The molecular weight excluding hydrogens is 464 g/mol. The lowest BCUT2D eigenvalue weighted by Crippen LogP contribution is -2.45. The molecule has 0 aliphatic rings. The molecule has 0 saturated carbocycles. The Kier molecular flexibility index (Phi) is 8.32. The van der Waals surface area contributed by atoms with Gasteiger partial charge in [-0.2, -0.15) is 4.72 Å². The predicted octanol–water partition coefficient (Wildman–Crippen LogP) is 4.28. The zero-order valence-electron chi connectivity index (χ0n) is 18.2. The van der Waals surface area contributed by atoms with Crippen molar-refractivity contribution < 1.29 is 22.7 Å². The number of anilines is 1. The molecule has 0 spiro atoms. The van der Waals surface area contributed by atoms with E-state index in [2.05, 4.69) is 10.0 Å². The van der Waals surface area contributed by atoms with E-state index in [9.17, 15) is 13.2 Å². The zero-order valence-corrected chi connectivity index (χ0v) is 19.8. The second kappa shape index (κ2) is 11.2. The maximum Gasteiger partial charge on any atom is 0.242 e. The van der Waals surface area contributed by atoms with Crippen LogP contribution in [0.1, 0.15) is 12.5 Å². The molecule has 1 amide bonds. The molecule has 3 rings (SSSR count). The summed E-state index contributed by atoms with van der Waals surface area (Å²) in [7, 11) is -2.49. The molecule has 2 N–H and O–H groups in total. The van der Waals surface area contributed by atoms with Crippen LogP contribution < -0.4 is 19.5 Å². The van der Waals surface area contributed by atoms with E-state index >= 15 is 0 Å². The molecule has 9 heteroatoms. The first-order valence-electron chi connectivity index (χ1n) is 10.3. The van der Waals surface area contributed by atoms with Gasteiger partial charge >= 0.3 is 0 Å². The van der Waals surface area contributed by atoms with Crippen molar-refractivity contribution in [2.24, 2.45) is 0 Å². The Morgan fingerprint density at radius 2 is 1.73 bits per heavy atom. The van der Waals surface area contributed by atoms with E-state index in [4.69, 9.17) is 21.1 Å². The summed E-state index contributed by atoms with van der Waals surface area (Å²) in [6.07, 6.45) is 0.160. The average Bonchev–Trinajstić information content (AvgIpc) is 2.80. The Hall–Kier alpha value is -3.07. The maximum absolute atomic E-state index is 13.1. The first-order valence-corrected chi connectivity index (χ1v) is 12.1. The van der Waals surface area contributed by atoms with E-state index in [1.807, 2.05) is 37.3 Å². The van der Waals surface area contributed by atoms with E-state index < -0.39 is 22.0 Å². The highest BCUT2D eigenvalue weighted by Crippen LogP contribution is 2.27. The normalized spacial score (nSPS) is 12.1. The van der Waals surface area contributed by atoms with E-state index in [1.54, 1.807) is 30.3 Å². The number of nitrogens with one attached hydrogen (secondary N) is 2. The summed E-state index contributed by atoms with van der Waals surface area (Å²) in [4.78, 5) is 13.1. The van der Waals surface area contributed by atoms with Gasteiger partial charge in [0.25, 0.3) is 0 Å². The average molecular weight is 489 g/mol. The molecule has 0 fully saturated rings. The fourth-order valence-electron chi connectivity index (χ4n) is 3.15. The third-order valence-electron chi connectivity index (χ3n) is 4.76. The smallest absolute Gasteiger partial charge is 0.242 e. The van der Waals surface area contributed by atoms with E-state index in [0.717, 1.165) is 5.56 Å². The molecule has 0 aromatic heterocycles. The Morgan fingerprint density at radius 3 is 2.33 bits per heavy atom. The van der Waals surface area contributed by atoms with Crippen molar-refractivity contribution >= 4 is 33.2 Å². The van der Waals surface area contributed by atoms with Crippen molar-refractivity contribution in [2.45, 2.75) is 24.3 Å². The number of methoxy groups -OCH3 is 1. The second-order valence-corrected chi connectivity index (χ2v) is 9.23. The number of sulfonamides is 1. The minimum absolute atomic E-state index is 0.0318. The van der Waals surface area contributed by atoms with Crippen LogP contribution in [-0.2, 0) is 21.2 Å². The standard InChI is InChI=1S/C24H25ClN2O5S/c1-3-32-19-10-12-20(13-11-19)33(29,30)27-22(15-17-7-5-4-6-8-17)24(28)26-18-9-14-23(31-2)21(25)16-18/h4-14,16,22,27H,3,15H2,1-2H3,(H,26,28)/t22-/m1/s1. The summed E-state index contributed by atoms with van der Waals surface area (Å²) in [5, 5.41) is 3.05. The van der Waals surface area contributed by atoms with Gasteiger partial charge in [0.2, 0.25) is 15.9 Å². The van der Waals surface area contributed by atoms with Crippen LogP contribution in [0.5, 0.6) is 11.5 Å². The van der Waals surface area contributed by atoms with E-state index in [-0.39, 0.29) is 11.3 Å². The molecule has 3 aromatic carbocycles. The Bertz CT molecular complexity index is 1190. The highest BCUT2D eigenvalue weighted by atomic mass is 35.5. The number of ether oxygens (including phenoxy) is 2. The van der Waals surface area contributed by atoms with Gasteiger partial charge in [-0.1, -0.05) is 41.9 Å². The molecule has 174 valence electrons. The Morgan fingerprint density at radius 1 is 1.03 bits per heavy atom. The van der Waals surface area contributed by atoms with Crippen LogP contribution >= 0.6 is 11.6 Å². The number of benzene rings is 3. The third-order valence-corrected chi connectivity index (χ3v) is 6.54. The lowest BCUT2D eigenvalue weighted by molar-refractivity contribution is -0.117. The van der Waals surface area contributed by atoms with Crippen LogP contribution in [0.2, 0.25) is 5.02 Å². The fourth-order valence-corrected chi connectivity index (χ4v) is 4.60. The summed E-state index contributed by atoms with van der Waals surface area (Å²) in [6.45, 7) is 2.31. The largest absolute Gasteiger partial charge is 0.495 e. The van der Waals surface area contributed by atoms with Crippen LogP contribution in [0, 0.1) is 0 Å². The first kappa shape index (κ1) is 24.6. The highest BCUT2D eigenvalue weighted by Gasteiger charge is 2.26. The van der Waals surface area contributed by atoms with Gasteiger partial charge in [-0.05, 0) is 61.4 Å². The van der Waals surface area contributed by atoms with Crippen LogP contribution in [0.4, 0.5) is 5.69 Å². The molecule has 0 heterocycles. The molecule has 33 heavy (non-hydrogen) atoms. The molecule has 0 unspecified atom stereocenters. The summed E-state index contributed by atoms with van der Waals surface area (Å²) >= 11 is 6.15. The number of hydrogen-bond acceptors (Lipinski definition) is 5. The van der Waals surface area contributed by atoms with Crippen molar-refractivity contribution in [2.75, 3.05) is 19.0 Å². The number of hydrogen-bond donors (Lipinski definition) is 2. The highest BCUT2D eigenvalue weighted by molar-refractivity contribution is 7.89. The van der Waals surface area contributed by atoms with Gasteiger partial charge in [0.05, 0.1) is 23.6 Å². The molecule has 3 aromatic rings. The van der Waals surface area contributed by atoms with Crippen LogP contribution in [0.25, 0.3) is 0 Å². The van der Waals surface area contributed by atoms with E-state index in [0.29, 0.717) is 28.8 Å². The number of rotatable bonds is 10. The van der Waals surface area contributed by atoms with E-state index in [1.165, 1.54) is 19.2 Å². The molecule has 0 saturated heterocycles. The van der Waals surface area contributed by atoms with Gasteiger partial charge < -0.3 is 14.8 Å². The summed E-state index contributed by atoms with van der Waals surface area (Å²) in [5.74, 6) is 0.507. The number of carbonyl (C=O) groups is 1.